The topological polar surface area (TPSA) is 76.2 Å². The molecule has 0 N–H and O–H groups in total. The van der Waals surface area contributed by atoms with Crippen molar-refractivity contribution in [1.29, 1.82) is 0 Å². The van der Waals surface area contributed by atoms with Crippen molar-refractivity contribution < 1.29 is 23.9 Å². The van der Waals surface area contributed by atoms with Gasteiger partial charge in [0.2, 0.25) is 0 Å². The Morgan fingerprint density at radius 2 is 1.67 bits per heavy atom. The van der Waals surface area contributed by atoms with Gasteiger partial charge in [-0.3, -0.25) is 4.79 Å². The van der Waals surface area contributed by atoms with Gasteiger partial charge in [0, 0.05) is 6.42 Å². The Balaban J connectivity index is 3.14. The number of ether oxygens (including phenoxy) is 2. The molecule has 1 aliphatic rings. The molecule has 7 nitrogen and oxygen atoms in total. The van der Waals surface area contributed by atoms with Crippen molar-refractivity contribution >= 4 is 18.1 Å². The Morgan fingerprint density at radius 1 is 1.08 bits per heavy atom. The fourth-order valence-electron chi connectivity index (χ4n) is 2.25. The maximum atomic E-state index is 12.6. The summed E-state index contributed by atoms with van der Waals surface area (Å²) in [5, 5.41) is 1.78. The normalized spacial score (nSPS) is 21.0. The van der Waals surface area contributed by atoms with E-state index in [1.54, 1.807) is 33.8 Å². The molecule has 0 radical (unpaired) electrons. The monoisotopic (exact) mass is 340 g/mol. The fraction of sp³-hybridized carbons (Fsp3) is 0.706. The van der Waals surface area contributed by atoms with Crippen LogP contribution in [-0.2, 0) is 14.3 Å². The second kappa shape index (κ2) is 9.30. The molecule has 0 saturated carbocycles. The Bertz CT molecular complexity index is 487. The van der Waals surface area contributed by atoms with E-state index < -0.39 is 24.2 Å². The third-order valence-corrected chi connectivity index (χ3v) is 3.33. The molecule has 0 bridgehead atoms. The maximum absolute atomic E-state index is 12.6. The van der Waals surface area contributed by atoms with Gasteiger partial charge in [0.15, 0.2) is 0 Å². The lowest BCUT2D eigenvalue weighted by atomic mass is 10.0. The average molecular weight is 340 g/mol. The molecule has 1 rings (SSSR count). The Hall–Kier alpha value is -2.05. The smallest absolute Gasteiger partial charge is 0.436 e. The van der Waals surface area contributed by atoms with E-state index >= 15 is 0 Å². The van der Waals surface area contributed by atoms with Crippen molar-refractivity contribution in [2.24, 2.45) is 5.92 Å². The van der Waals surface area contributed by atoms with Crippen molar-refractivity contribution in [3.05, 3.63) is 12.2 Å². The molecule has 1 heterocycles. The van der Waals surface area contributed by atoms with Crippen molar-refractivity contribution in [3.63, 3.8) is 0 Å². The Labute approximate surface area is 143 Å². The number of amides is 3. The first-order valence-corrected chi connectivity index (χ1v) is 8.39. The van der Waals surface area contributed by atoms with Gasteiger partial charge in [0.25, 0.3) is 5.91 Å². The summed E-state index contributed by atoms with van der Waals surface area (Å²) in [6.07, 6.45) is 3.12. The highest BCUT2D eigenvalue weighted by Crippen LogP contribution is 2.18. The molecule has 0 saturated heterocycles. The van der Waals surface area contributed by atoms with Crippen molar-refractivity contribution in [3.8, 4) is 0 Å². The molecule has 7 heteroatoms. The van der Waals surface area contributed by atoms with E-state index in [9.17, 15) is 14.4 Å². The molecule has 0 fully saturated rings. The van der Waals surface area contributed by atoms with E-state index in [1.165, 1.54) is 0 Å². The summed E-state index contributed by atoms with van der Waals surface area (Å²) in [6.45, 7) is 8.78. The number of carbonyl (C=O) groups excluding carboxylic acids is 3. The van der Waals surface area contributed by atoms with Gasteiger partial charge in [-0.1, -0.05) is 19.1 Å². The molecule has 0 spiro atoms. The molecule has 0 aromatic rings. The predicted molar refractivity (Wildman–Crippen MR) is 88.9 cm³/mol. The molecule has 136 valence electrons. The van der Waals surface area contributed by atoms with Crippen LogP contribution in [0.3, 0.4) is 0 Å². The summed E-state index contributed by atoms with van der Waals surface area (Å²) in [5.74, 6) is -0.373. The summed E-state index contributed by atoms with van der Waals surface area (Å²) in [5.41, 5.74) is 0. The third-order valence-electron chi connectivity index (χ3n) is 3.33. The van der Waals surface area contributed by atoms with Crippen LogP contribution in [0.5, 0.6) is 0 Å². The summed E-state index contributed by atoms with van der Waals surface area (Å²) in [4.78, 5) is 37.4. The van der Waals surface area contributed by atoms with Crippen molar-refractivity contribution in [2.45, 2.75) is 66.1 Å². The molecule has 0 aromatic carbocycles. The molecule has 1 atom stereocenters. The van der Waals surface area contributed by atoms with Gasteiger partial charge < -0.3 is 9.47 Å². The SMILES string of the molecule is CC(C)OC(=O)N1C/C=C\CC[C@H](C)CC(=O)N1C(=O)OC(C)C. The van der Waals surface area contributed by atoms with Crippen LogP contribution >= 0.6 is 0 Å². The standard InChI is InChI=1S/C17H28N2O5/c1-12(2)23-16(21)18-10-8-6-7-9-14(5)11-15(20)19(18)17(22)24-13(3)4/h6,8,12-14H,7,9-11H2,1-5H3/b8-6-/t14-/m0/s1. The van der Waals surface area contributed by atoms with Crippen LogP contribution in [0, 0.1) is 5.92 Å². The quantitative estimate of drug-likeness (QED) is 0.719. The van der Waals surface area contributed by atoms with Crippen LogP contribution in [0.15, 0.2) is 12.2 Å². The number of nitrogens with zero attached hydrogens (tertiary/aromatic N) is 2. The maximum Gasteiger partial charge on any atom is 0.436 e. The van der Waals surface area contributed by atoms with E-state index in [0.717, 1.165) is 22.9 Å². The highest BCUT2D eigenvalue weighted by atomic mass is 16.6. The highest BCUT2D eigenvalue weighted by molar-refractivity contribution is 5.93. The minimum absolute atomic E-state index is 0.0683. The second-order valence-electron chi connectivity index (χ2n) is 6.51. The van der Waals surface area contributed by atoms with Crippen LogP contribution in [-0.4, -0.2) is 46.9 Å². The molecule has 24 heavy (non-hydrogen) atoms. The van der Waals surface area contributed by atoms with Gasteiger partial charge in [-0.05, 0) is 46.5 Å². The molecule has 0 aromatic heterocycles. The lowest BCUT2D eigenvalue weighted by molar-refractivity contribution is -0.143. The lowest BCUT2D eigenvalue weighted by Crippen LogP contribution is -2.54. The van der Waals surface area contributed by atoms with Crippen LogP contribution in [0.4, 0.5) is 9.59 Å². The van der Waals surface area contributed by atoms with Crippen LogP contribution in [0.1, 0.15) is 53.9 Å². The molecule has 0 unspecified atom stereocenters. The zero-order valence-corrected chi connectivity index (χ0v) is 15.2. The number of hydrogen-bond donors (Lipinski definition) is 0. The van der Waals surface area contributed by atoms with Gasteiger partial charge >= 0.3 is 12.2 Å². The molecular formula is C17H28N2O5. The number of hydrazine groups is 1. The third kappa shape index (κ3) is 6.22. The Morgan fingerprint density at radius 3 is 2.25 bits per heavy atom. The number of hydrogen-bond acceptors (Lipinski definition) is 5. The number of rotatable bonds is 2. The van der Waals surface area contributed by atoms with E-state index in [1.807, 2.05) is 13.0 Å². The van der Waals surface area contributed by atoms with Gasteiger partial charge in [-0.15, -0.1) is 5.01 Å². The largest absolute Gasteiger partial charge is 0.445 e. The first kappa shape index (κ1) is 20.0. The zero-order chi connectivity index (χ0) is 18.3. The van der Waals surface area contributed by atoms with E-state index in [0.29, 0.717) is 0 Å². The molecular weight excluding hydrogens is 312 g/mol. The zero-order valence-electron chi connectivity index (χ0n) is 15.2. The number of allylic oxidation sites excluding steroid dienone is 1. The molecule has 0 aliphatic carbocycles. The second-order valence-corrected chi connectivity index (χ2v) is 6.51. The van der Waals surface area contributed by atoms with Crippen molar-refractivity contribution in [1.82, 2.24) is 10.0 Å². The Kier molecular flexibility index (Phi) is 7.74. The molecule has 1 aliphatic heterocycles. The van der Waals surface area contributed by atoms with Crippen molar-refractivity contribution in [2.75, 3.05) is 6.54 Å². The highest BCUT2D eigenvalue weighted by Gasteiger charge is 2.35. The number of imide groups is 1. The lowest BCUT2D eigenvalue weighted by Gasteiger charge is -2.32. The minimum atomic E-state index is -0.864. The van der Waals surface area contributed by atoms with Crippen LogP contribution < -0.4 is 0 Å². The van der Waals surface area contributed by atoms with E-state index in [-0.39, 0.29) is 25.0 Å². The summed E-state index contributed by atoms with van der Waals surface area (Å²) in [7, 11) is 0. The van der Waals surface area contributed by atoms with E-state index in [2.05, 4.69) is 0 Å². The van der Waals surface area contributed by atoms with Gasteiger partial charge in [0.05, 0.1) is 18.8 Å². The molecule has 3 amide bonds. The first-order valence-electron chi connectivity index (χ1n) is 8.39. The predicted octanol–water partition coefficient (Wildman–Crippen LogP) is 3.50. The summed E-state index contributed by atoms with van der Waals surface area (Å²) in [6, 6.07) is 0. The van der Waals surface area contributed by atoms with Crippen LogP contribution in [0.25, 0.3) is 0 Å². The summed E-state index contributed by atoms with van der Waals surface area (Å²) >= 11 is 0. The van der Waals surface area contributed by atoms with Gasteiger partial charge in [-0.2, -0.15) is 0 Å². The number of carbonyl (C=O) groups is 3. The van der Waals surface area contributed by atoms with Gasteiger partial charge in [0.1, 0.15) is 0 Å². The van der Waals surface area contributed by atoms with Crippen LogP contribution in [0.2, 0.25) is 0 Å². The minimum Gasteiger partial charge on any atom is -0.445 e. The van der Waals surface area contributed by atoms with E-state index in [4.69, 9.17) is 9.47 Å². The fourth-order valence-corrected chi connectivity index (χ4v) is 2.25. The first-order chi connectivity index (χ1) is 11.2. The summed E-state index contributed by atoms with van der Waals surface area (Å²) < 4.78 is 10.3. The average Bonchev–Trinajstić information content (AvgIpc) is 2.43. The van der Waals surface area contributed by atoms with Gasteiger partial charge in [-0.25, -0.2) is 14.6 Å².